The summed E-state index contributed by atoms with van der Waals surface area (Å²) in [6, 6.07) is 9.67. The van der Waals surface area contributed by atoms with Crippen molar-refractivity contribution < 1.29 is 13.7 Å². The van der Waals surface area contributed by atoms with Gasteiger partial charge >= 0.3 is 0 Å². The van der Waals surface area contributed by atoms with E-state index in [-0.39, 0.29) is 11.5 Å². The lowest BCUT2D eigenvalue weighted by atomic mass is 10.1. The van der Waals surface area contributed by atoms with Gasteiger partial charge in [0.25, 0.3) is 11.8 Å². The number of carbonyl (C=O) groups excluding carboxylic acids is 1. The topological polar surface area (TPSA) is 68.0 Å². The summed E-state index contributed by atoms with van der Waals surface area (Å²) < 4.78 is 20.0. The number of para-hydroxylation sites is 1. The predicted molar refractivity (Wildman–Crippen MR) is 101 cm³/mol. The summed E-state index contributed by atoms with van der Waals surface area (Å²) >= 11 is 3.25. The fourth-order valence-electron chi connectivity index (χ4n) is 2.44. The molecule has 2 aromatic carbocycles. The van der Waals surface area contributed by atoms with Gasteiger partial charge in [-0.15, -0.1) is 0 Å². The van der Waals surface area contributed by atoms with Crippen LogP contribution in [0, 0.1) is 12.7 Å². The van der Waals surface area contributed by atoms with Gasteiger partial charge in [-0.05, 0) is 36.8 Å². The Morgan fingerprint density at radius 2 is 2.04 bits per heavy atom. The molecule has 1 heterocycles. The Kier molecular flexibility index (Phi) is 5.18. The molecule has 1 N–H and O–H groups in total. The largest absolute Gasteiger partial charge is 0.334 e. The number of anilines is 1. The molecule has 0 radical (unpaired) electrons. The molecule has 0 spiro atoms. The molecule has 0 aliphatic carbocycles. The lowest BCUT2D eigenvalue weighted by molar-refractivity contribution is 0.102. The molecule has 3 rings (SSSR count). The van der Waals surface area contributed by atoms with Crippen LogP contribution in [-0.4, -0.2) is 16.0 Å². The van der Waals surface area contributed by atoms with E-state index in [0.717, 1.165) is 5.56 Å². The highest BCUT2D eigenvalue weighted by molar-refractivity contribution is 9.10. The minimum Gasteiger partial charge on any atom is -0.334 e. The van der Waals surface area contributed by atoms with Crippen LogP contribution in [0.3, 0.4) is 0 Å². The molecule has 0 saturated carbocycles. The second-order valence-corrected chi connectivity index (χ2v) is 7.10. The zero-order valence-electron chi connectivity index (χ0n) is 14.5. The first kappa shape index (κ1) is 18.3. The van der Waals surface area contributed by atoms with Gasteiger partial charge in [-0.3, -0.25) is 4.79 Å². The maximum atomic E-state index is 14.0. The van der Waals surface area contributed by atoms with Crippen LogP contribution in [0.4, 0.5) is 10.1 Å². The van der Waals surface area contributed by atoms with Gasteiger partial charge in [-0.25, -0.2) is 4.39 Å². The molecule has 0 aliphatic rings. The highest BCUT2D eigenvalue weighted by atomic mass is 79.9. The Hall–Kier alpha value is -2.54. The number of hydrogen-bond donors (Lipinski definition) is 1. The molecule has 1 amide bonds. The van der Waals surface area contributed by atoms with Crippen molar-refractivity contribution in [2.45, 2.75) is 26.7 Å². The maximum Gasteiger partial charge on any atom is 0.260 e. The van der Waals surface area contributed by atoms with E-state index in [4.69, 9.17) is 4.52 Å². The van der Waals surface area contributed by atoms with Crippen LogP contribution in [0.15, 0.2) is 45.4 Å². The number of carbonyl (C=O) groups is 1. The van der Waals surface area contributed by atoms with Crippen LogP contribution in [0.5, 0.6) is 0 Å². The Morgan fingerprint density at radius 3 is 2.73 bits per heavy atom. The fourth-order valence-corrected chi connectivity index (χ4v) is 2.80. The minimum absolute atomic E-state index is 0.0537. The average molecular weight is 418 g/mol. The summed E-state index contributed by atoms with van der Waals surface area (Å²) in [4.78, 5) is 17.0. The van der Waals surface area contributed by atoms with Gasteiger partial charge in [0, 0.05) is 10.4 Å². The van der Waals surface area contributed by atoms with E-state index in [0.29, 0.717) is 27.4 Å². The van der Waals surface area contributed by atoms with Crippen LogP contribution >= 0.6 is 15.9 Å². The number of nitrogens with zero attached hydrogens (tertiary/aromatic N) is 2. The number of benzene rings is 2. The minimum atomic E-state index is -0.597. The first-order valence-corrected chi connectivity index (χ1v) is 8.86. The van der Waals surface area contributed by atoms with Crippen LogP contribution in [-0.2, 0) is 0 Å². The quantitative estimate of drug-likeness (QED) is 0.623. The smallest absolute Gasteiger partial charge is 0.260 e. The van der Waals surface area contributed by atoms with Gasteiger partial charge in [0.15, 0.2) is 5.82 Å². The second-order valence-electron chi connectivity index (χ2n) is 6.19. The summed E-state index contributed by atoms with van der Waals surface area (Å²) in [7, 11) is 0. The first-order chi connectivity index (χ1) is 12.4. The summed E-state index contributed by atoms with van der Waals surface area (Å²) in [6.07, 6.45) is 0. The van der Waals surface area contributed by atoms with Crippen molar-refractivity contribution in [1.82, 2.24) is 10.1 Å². The number of rotatable bonds is 4. The van der Waals surface area contributed by atoms with Gasteiger partial charge in [0.1, 0.15) is 5.82 Å². The van der Waals surface area contributed by atoms with Crippen molar-refractivity contribution in [2.24, 2.45) is 0 Å². The van der Waals surface area contributed by atoms with E-state index in [2.05, 4.69) is 31.4 Å². The Labute approximate surface area is 158 Å². The van der Waals surface area contributed by atoms with Crippen molar-refractivity contribution >= 4 is 27.5 Å². The van der Waals surface area contributed by atoms with Crippen molar-refractivity contribution in [1.29, 1.82) is 0 Å². The number of aromatic nitrogens is 2. The van der Waals surface area contributed by atoms with E-state index in [1.54, 1.807) is 6.07 Å². The van der Waals surface area contributed by atoms with Gasteiger partial charge in [-0.1, -0.05) is 47.1 Å². The monoisotopic (exact) mass is 417 g/mol. The fraction of sp³-hybridized carbons (Fsp3) is 0.211. The van der Waals surface area contributed by atoms with E-state index in [1.807, 2.05) is 32.9 Å². The molecular formula is C19H17BrFN3O2. The molecule has 134 valence electrons. The van der Waals surface area contributed by atoms with Crippen molar-refractivity contribution in [3.63, 3.8) is 0 Å². The number of aryl methyl sites for hydroxylation is 1. The van der Waals surface area contributed by atoms with Gasteiger partial charge in [-0.2, -0.15) is 4.98 Å². The molecule has 0 atom stereocenters. The molecular weight excluding hydrogens is 401 g/mol. The molecule has 0 fully saturated rings. The molecule has 1 aromatic heterocycles. The zero-order valence-corrected chi connectivity index (χ0v) is 16.1. The van der Waals surface area contributed by atoms with E-state index < -0.39 is 11.7 Å². The van der Waals surface area contributed by atoms with Gasteiger partial charge in [0.2, 0.25) is 0 Å². The third-order valence-electron chi connectivity index (χ3n) is 3.87. The second kappa shape index (κ2) is 7.37. The van der Waals surface area contributed by atoms with E-state index in [1.165, 1.54) is 18.2 Å². The molecule has 26 heavy (non-hydrogen) atoms. The van der Waals surface area contributed by atoms with Crippen LogP contribution in [0.25, 0.3) is 11.5 Å². The Morgan fingerprint density at radius 1 is 1.27 bits per heavy atom. The Balaban J connectivity index is 1.99. The lowest BCUT2D eigenvalue weighted by Crippen LogP contribution is -2.15. The van der Waals surface area contributed by atoms with E-state index >= 15 is 0 Å². The van der Waals surface area contributed by atoms with Crippen LogP contribution in [0.1, 0.15) is 41.5 Å². The third-order valence-corrected chi connectivity index (χ3v) is 4.37. The molecule has 7 heteroatoms. The van der Waals surface area contributed by atoms with Crippen molar-refractivity contribution in [2.75, 3.05) is 5.32 Å². The average Bonchev–Trinajstić information content (AvgIpc) is 3.09. The van der Waals surface area contributed by atoms with Gasteiger partial charge in [0.05, 0.1) is 16.8 Å². The summed E-state index contributed by atoms with van der Waals surface area (Å²) in [5.74, 6) is -0.144. The normalized spacial score (nSPS) is 11.0. The summed E-state index contributed by atoms with van der Waals surface area (Å²) in [6.45, 7) is 5.77. The number of hydrogen-bond acceptors (Lipinski definition) is 4. The number of nitrogens with one attached hydrogen (secondary N) is 1. The summed E-state index contributed by atoms with van der Waals surface area (Å²) in [5, 5.41) is 6.73. The van der Waals surface area contributed by atoms with Crippen LogP contribution in [0.2, 0.25) is 0 Å². The number of halogens is 2. The van der Waals surface area contributed by atoms with Crippen LogP contribution < -0.4 is 5.32 Å². The lowest BCUT2D eigenvalue weighted by Gasteiger charge is -2.12. The zero-order chi connectivity index (χ0) is 18.8. The SMILES string of the molecule is Cc1cccc(-c2nc(C(C)C)no2)c1NC(=O)c1cc(Br)ccc1F. The van der Waals surface area contributed by atoms with Crippen molar-refractivity contribution in [3.8, 4) is 11.5 Å². The summed E-state index contributed by atoms with van der Waals surface area (Å²) in [5.41, 5.74) is 1.85. The molecule has 5 nitrogen and oxygen atoms in total. The highest BCUT2D eigenvalue weighted by Gasteiger charge is 2.19. The molecule has 0 saturated heterocycles. The first-order valence-electron chi connectivity index (χ1n) is 8.07. The Bertz CT molecular complexity index is 969. The van der Waals surface area contributed by atoms with Crippen molar-refractivity contribution in [3.05, 3.63) is 63.6 Å². The standard InChI is InChI=1S/C19H17BrFN3O2/c1-10(2)17-23-19(26-24-17)13-6-4-5-11(3)16(13)22-18(25)14-9-12(20)7-8-15(14)21/h4-10H,1-3H3,(H,22,25). The molecule has 0 unspecified atom stereocenters. The molecule has 0 aliphatic heterocycles. The predicted octanol–water partition coefficient (Wildman–Crippen LogP) is 5.32. The maximum absolute atomic E-state index is 14.0. The van der Waals surface area contributed by atoms with Gasteiger partial charge < -0.3 is 9.84 Å². The molecule has 0 bridgehead atoms. The third kappa shape index (κ3) is 3.67. The highest BCUT2D eigenvalue weighted by Crippen LogP contribution is 2.31. The number of amides is 1. The molecule has 3 aromatic rings. The van der Waals surface area contributed by atoms with E-state index in [9.17, 15) is 9.18 Å².